The summed E-state index contributed by atoms with van der Waals surface area (Å²) >= 11 is 6.66. The Balaban J connectivity index is 2.01. The zero-order valence-electron chi connectivity index (χ0n) is 11.1. The molecule has 0 N–H and O–H groups in total. The fourth-order valence-electron chi connectivity index (χ4n) is 1.85. The molecular weight excluding hydrogens is 375 g/mol. The van der Waals surface area contributed by atoms with Crippen molar-refractivity contribution in [3.05, 3.63) is 28.5 Å². The van der Waals surface area contributed by atoms with Crippen molar-refractivity contribution < 1.29 is 9.13 Å². The average Bonchev–Trinajstić information content (AvgIpc) is 2.39. The third-order valence-corrected chi connectivity index (χ3v) is 3.98. The number of hydrogen-bond donors (Lipinski definition) is 0. The van der Waals surface area contributed by atoms with Gasteiger partial charge in [-0.15, -0.1) is 0 Å². The van der Waals surface area contributed by atoms with E-state index in [1.54, 1.807) is 12.1 Å². The highest BCUT2D eigenvalue weighted by molar-refractivity contribution is 9.10. The van der Waals surface area contributed by atoms with Crippen LogP contribution >= 0.6 is 31.9 Å². The number of alkyl halides is 1. The van der Waals surface area contributed by atoms with Gasteiger partial charge in [-0.05, 0) is 31.0 Å². The van der Waals surface area contributed by atoms with Crippen molar-refractivity contribution in [1.29, 1.82) is 0 Å². The first kappa shape index (κ1) is 17.0. The molecule has 0 saturated heterocycles. The van der Waals surface area contributed by atoms with Crippen LogP contribution in [0.25, 0.3) is 0 Å². The smallest absolute Gasteiger partial charge is 0.166 e. The van der Waals surface area contributed by atoms with E-state index in [1.165, 1.54) is 38.2 Å². The molecule has 0 saturated carbocycles. The zero-order chi connectivity index (χ0) is 13.9. The molecule has 0 aliphatic rings. The highest BCUT2D eigenvalue weighted by Gasteiger charge is 2.03. The first-order chi connectivity index (χ1) is 9.24. The minimum Gasteiger partial charge on any atom is -0.491 e. The van der Waals surface area contributed by atoms with E-state index in [-0.39, 0.29) is 5.82 Å². The SMILES string of the molecule is Fc1cc(Br)ccc1OCCCCCCCCCBr. The fraction of sp³-hybridized carbons (Fsp3) is 0.600. The Morgan fingerprint density at radius 3 is 2.21 bits per heavy atom. The second kappa shape index (κ2) is 10.7. The van der Waals surface area contributed by atoms with Crippen molar-refractivity contribution in [2.24, 2.45) is 0 Å². The third kappa shape index (κ3) is 7.93. The molecule has 0 aliphatic heterocycles. The highest BCUT2D eigenvalue weighted by atomic mass is 79.9. The molecule has 0 aromatic heterocycles. The highest BCUT2D eigenvalue weighted by Crippen LogP contribution is 2.21. The summed E-state index contributed by atoms with van der Waals surface area (Å²) in [7, 11) is 0. The second-order valence-corrected chi connectivity index (χ2v) is 6.30. The lowest BCUT2D eigenvalue weighted by Crippen LogP contribution is -1.99. The lowest BCUT2D eigenvalue weighted by atomic mass is 10.1. The van der Waals surface area contributed by atoms with Crippen molar-refractivity contribution in [3.8, 4) is 5.75 Å². The zero-order valence-corrected chi connectivity index (χ0v) is 14.3. The molecule has 0 heterocycles. The van der Waals surface area contributed by atoms with Crippen LogP contribution in [0.1, 0.15) is 44.9 Å². The maximum atomic E-state index is 13.4. The number of benzene rings is 1. The maximum absolute atomic E-state index is 13.4. The van der Waals surface area contributed by atoms with Gasteiger partial charge >= 0.3 is 0 Å². The van der Waals surface area contributed by atoms with E-state index in [0.29, 0.717) is 12.4 Å². The Morgan fingerprint density at radius 2 is 1.58 bits per heavy atom. The molecule has 4 heteroatoms. The standard InChI is InChI=1S/C15H21Br2FO/c16-10-6-4-2-1-3-5-7-11-19-15-9-8-13(17)12-14(15)18/h8-9,12H,1-7,10-11H2. The quantitative estimate of drug-likeness (QED) is 0.344. The van der Waals surface area contributed by atoms with Gasteiger partial charge in [-0.25, -0.2) is 4.39 Å². The summed E-state index contributed by atoms with van der Waals surface area (Å²) in [6.07, 6.45) is 8.58. The molecule has 0 aliphatic carbocycles. The van der Waals surface area contributed by atoms with Gasteiger partial charge in [0.1, 0.15) is 0 Å². The maximum Gasteiger partial charge on any atom is 0.166 e. The monoisotopic (exact) mass is 394 g/mol. The van der Waals surface area contributed by atoms with Gasteiger partial charge in [0.2, 0.25) is 0 Å². The molecule has 0 radical (unpaired) electrons. The Bertz CT molecular complexity index is 358. The van der Waals surface area contributed by atoms with Gasteiger partial charge in [-0.2, -0.15) is 0 Å². The topological polar surface area (TPSA) is 9.23 Å². The summed E-state index contributed by atoms with van der Waals surface area (Å²) in [6, 6.07) is 4.89. The van der Waals surface area contributed by atoms with Crippen LogP contribution in [0.2, 0.25) is 0 Å². The third-order valence-electron chi connectivity index (χ3n) is 2.93. The van der Waals surface area contributed by atoms with Crippen LogP contribution in [-0.2, 0) is 0 Å². The predicted molar refractivity (Wildman–Crippen MR) is 85.7 cm³/mol. The Labute approximate surface area is 132 Å². The molecule has 108 valence electrons. The molecule has 0 spiro atoms. The number of halogens is 3. The van der Waals surface area contributed by atoms with Gasteiger partial charge in [0, 0.05) is 9.80 Å². The minimum absolute atomic E-state index is 0.302. The van der Waals surface area contributed by atoms with Gasteiger partial charge in [0.15, 0.2) is 11.6 Å². The summed E-state index contributed by atoms with van der Waals surface area (Å²) < 4.78 is 19.6. The van der Waals surface area contributed by atoms with Crippen molar-refractivity contribution in [2.45, 2.75) is 44.9 Å². The average molecular weight is 396 g/mol. The fourth-order valence-corrected chi connectivity index (χ4v) is 2.58. The summed E-state index contributed by atoms with van der Waals surface area (Å²) in [5.74, 6) is 0.0460. The summed E-state index contributed by atoms with van der Waals surface area (Å²) in [5.41, 5.74) is 0. The van der Waals surface area contributed by atoms with Crippen LogP contribution in [0.3, 0.4) is 0 Å². The van der Waals surface area contributed by atoms with Gasteiger partial charge in [0.25, 0.3) is 0 Å². The van der Waals surface area contributed by atoms with E-state index in [2.05, 4.69) is 31.9 Å². The number of rotatable bonds is 10. The van der Waals surface area contributed by atoms with Crippen LogP contribution in [-0.4, -0.2) is 11.9 Å². The van der Waals surface area contributed by atoms with E-state index >= 15 is 0 Å². The van der Waals surface area contributed by atoms with Crippen molar-refractivity contribution in [1.82, 2.24) is 0 Å². The van der Waals surface area contributed by atoms with E-state index in [4.69, 9.17) is 4.74 Å². The largest absolute Gasteiger partial charge is 0.491 e. The van der Waals surface area contributed by atoms with E-state index in [9.17, 15) is 4.39 Å². The van der Waals surface area contributed by atoms with Crippen molar-refractivity contribution in [2.75, 3.05) is 11.9 Å². The van der Waals surface area contributed by atoms with Gasteiger partial charge in [0.05, 0.1) is 6.61 Å². The molecule has 19 heavy (non-hydrogen) atoms. The lowest BCUT2D eigenvalue weighted by Gasteiger charge is -2.07. The summed E-state index contributed by atoms with van der Waals surface area (Å²) in [6.45, 7) is 0.597. The van der Waals surface area contributed by atoms with Crippen LogP contribution < -0.4 is 4.74 Å². The van der Waals surface area contributed by atoms with Crippen LogP contribution in [0.4, 0.5) is 4.39 Å². The minimum atomic E-state index is -0.302. The van der Waals surface area contributed by atoms with Gasteiger partial charge < -0.3 is 4.74 Å². The Kier molecular flexibility index (Phi) is 9.52. The molecular formula is C15H21Br2FO. The van der Waals surface area contributed by atoms with E-state index in [0.717, 1.165) is 22.6 Å². The normalized spacial score (nSPS) is 10.7. The van der Waals surface area contributed by atoms with Crippen molar-refractivity contribution in [3.63, 3.8) is 0 Å². The van der Waals surface area contributed by atoms with Gasteiger partial charge in [-0.3, -0.25) is 0 Å². The van der Waals surface area contributed by atoms with Gasteiger partial charge in [-0.1, -0.05) is 64.0 Å². The van der Waals surface area contributed by atoms with E-state index < -0.39 is 0 Å². The second-order valence-electron chi connectivity index (χ2n) is 4.59. The number of unbranched alkanes of at least 4 members (excludes halogenated alkanes) is 6. The first-order valence-corrected chi connectivity index (χ1v) is 8.79. The van der Waals surface area contributed by atoms with E-state index in [1.807, 2.05) is 0 Å². The lowest BCUT2D eigenvalue weighted by molar-refractivity contribution is 0.290. The molecule has 1 nitrogen and oxygen atoms in total. The molecule has 1 rings (SSSR count). The summed E-state index contributed by atoms with van der Waals surface area (Å²) in [5, 5.41) is 1.11. The summed E-state index contributed by atoms with van der Waals surface area (Å²) in [4.78, 5) is 0. The predicted octanol–water partition coefficient (Wildman–Crippen LogP) is 6.09. The van der Waals surface area contributed by atoms with Crippen LogP contribution in [0.15, 0.2) is 22.7 Å². The molecule has 0 atom stereocenters. The Hall–Kier alpha value is -0.0900. The molecule has 0 amide bonds. The first-order valence-electron chi connectivity index (χ1n) is 6.88. The molecule has 1 aromatic rings. The number of hydrogen-bond acceptors (Lipinski definition) is 1. The number of ether oxygens (including phenoxy) is 1. The van der Waals surface area contributed by atoms with Crippen LogP contribution in [0.5, 0.6) is 5.75 Å². The van der Waals surface area contributed by atoms with Crippen molar-refractivity contribution >= 4 is 31.9 Å². The molecule has 0 fully saturated rings. The Morgan fingerprint density at radius 1 is 0.947 bits per heavy atom. The molecule has 1 aromatic carbocycles. The van der Waals surface area contributed by atoms with Crippen LogP contribution in [0, 0.1) is 5.82 Å². The molecule has 0 unspecified atom stereocenters. The molecule has 0 bridgehead atoms.